The summed E-state index contributed by atoms with van der Waals surface area (Å²) in [5, 5.41) is 3.38. The molecule has 0 unspecified atom stereocenters. The van der Waals surface area contributed by atoms with Crippen molar-refractivity contribution in [2.45, 2.75) is 26.2 Å². The number of carbonyl (C=O) groups excluding carboxylic acids is 1. The minimum atomic E-state index is -0.257. The van der Waals surface area contributed by atoms with Gasteiger partial charge in [-0.1, -0.05) is 66.2 Å². The molecule has 8 heteroatoms. The van der Waals surface area contributed by atoms with Crippen LogP contribution in [0.5, 0.6) is 0 Å². The van der Waals surface area contributed by atoms with E-state index in [1.165, 1.54) is 23.5 Å². The molecule has 0 bridgehead atoms. The topological polar surface area (TPSA) is 39.7 Å². The van der Waals surface area contributed by atoms with Crippen molar-refractivity contribution >= 4 is 28.8 Å². The molecular weight excluding hydrogens is 519 g/mol. The van der Waals surface area contributed by atoms with Crippen molar-refractivity contribution in [3.8, 4) is 0 Å². The van der Waals surface area contributed by atoms with Crippen molar-refractivity contribution in [3.05, 3.63) is 122 Å². The monoisotopic (exact) mass is 550 g/mol. The molecule has 4 aromatic rings. The van der Waals surface area contributed by atoms with Crippen molar-refractivity contribution in [2.75, 3.05) is 27.2 Å². The molecule has 0 atom stereocenters. The number of hydrogen-bond donors (Lipinski definition) is 0. The lowest BCUT2D eigenvalue weighted by Crippen LogP contribution is -2.36. The van der Waals surface area contributed by atoms with E-state index >= 15 is 0 Å². The predicted octanol–water partition coefficient (Wildman–Crippen LogP) is 6.34. The van der Waals surface area contributed by atoms with Gasteiger partial charge in [0.1, 0.15) is 16.5 Å². The molecule has 38 heavy (non-hydrogen) atoms. The highest BCUT2D eigenvalue weighted by molar-refractivity contribution is 7.09. The van der Waals surface area contributed by atoms with E-state index in [0.717, 1.165) is 28.2 Å². The first-order valence-electron chi connectivity index (χ1n) is 12.5. The van der Waals surface area contributed by atoms with Crippen LogP contribution in [0.3, 0.4) is 0 Å². The zero-order valence-corrected chi connectivity index (χ0v) is 23.3. The Hall–Kier alpha value is -3.10. The van der Waals surface area contributed by atoms with Crippen LogP contribution in [0, 0.1) is 5.82 Å². The minimum absolute atomic E-state index is 0.0712. The van der Waals surface area contributed by atoms with E-state index in [0.29, 0.717) is 43.4 Å². The molecule has 0 spiro atoms. The fraction of sp³-hybridized carbons (Fsp3) is 0.267. The van der Waals surface area contributed by atoms with Crippen LogP contribution in [0.1, 0.15) is 32.2 Å². The third-order valence-electron chi connectivity index (χ3n) is 6.06. The van der Waals surface area contributed by atoms with Crippen molar-refractivity contribution < 1.29 is 9.18 Å². The van der Waals surface area contributed by atoms with Crippen LogP contribution in [-0.4, -0.2) is 52.8 Å². The summed E-state index contributed by atoms with van der Waals surface area (Å²) in [7, 11) is 4.00. The van der Waals surface area contributed by atoms with Gasteiger partial charge in [-0.3, -0.25) is 9.69 Å². The van der Waals surface area contributed by atoms with Crippen molar-refractivity contribution in [1.82, 2.24) is 19.7 Å². The molecule has 0 fully saturated rings. The highest BCUT2D eigenvalue weighted by Crippen LogP contribution is 2.20. The van der Waals surface area contributed by atoms with Gasteiger partial charge in [-0.05, 0) is 55.1 Å². The summed E-state index contributed by atoms with van der Waals surface area (Å²) in [5.41, 5.74) is 3.62. The van der Waals surface area contributed by atoms with Gasteiger partial charge in [0, 0.05) is 43.1 Å². The number of rotatable bonds is 12. The van der Waals surface area contributed by atoms with Crippen LogP contribution < -0.4 is 0 Å². The summed E-state index contributed by atoms with van der Waals surface area (Å²) in [5.74, 6) is -0.328. The van der Waals surface area contributed by atoms with Crippen LogP contribution in [0.2, 0.25) is 5.02 Å². The first kappa shape index (κ1) is 27.9. The normalized spacial score (nSPS) is 11.3. The Morgan fingerprint density at radius 1 is 0.842 bits per heavy atom. The molecular formula is C30H32ClFN4OS. The lowest BCUT2D eigenvalue weighted by molar-refractivity contribution is 0.0726. The average Bonchev–Trinajstić information content (AvgIpc) is 3.36. The van der Waals surface area contributed by atoms with Gasteiger partial charge in [-0.2, -0.15) is 0 Å². The molecule has 0 N–H and O–H groups in total. The summed E-state index contributed by atoms with van der Waals surface area (Å²) >= 11 is 7.71. The quantitative estimate of drug-likeness (QED) is 0.206. The Labute approximate surface area is 233 Å². The van der Waals surface area contributed by atoms with Gasteiger partial charge < -0.3 is 9.80 Å². The number of thiazole rings is 1. The van der Waals surface area contributed by atoms with E-state index in [4.69, 9.17) is 16.6 Å². The number of halogens is 2. The Morgan fingerprint density at radius 2 is 1.53 bits per heavy atom. The second kappa shape index (κ2) is 13.6. The van der Waals surface area contributed by atoms with Crippen LogP contribution in [0.25, 0.3) is 0 Å². The smallest absolute Gasteiger partial charge is 0.273 e. The predicted molar refractivity (Wildman–Crippen MR) is 153 cm³/mol. The molecule has 4 rings (SSSR count). The highest BCUT2D eigenvalue weighted by atomic mass is 35.5. The Kier molecular flexibility index (Phi) is 10.0. The summed E-state index contributed by atoms with van der Waals surface area (Å²) in [4.78, 5) is 24.4. The minimum Gasteiger partial charge on any atom is -0.332 e. The van der Waals surface area contributed by atoms with E-state index in [-0.39, 0.29) is 11.7 Å². The fourth-order valence-electron chi connectivity index (χ4n) is 4.12. The maximum Gasteiger partial charge on any atom is 0.273 e. The molecule has 3 aromatic carbocycles. The molecule has 1 aromatic heterocycles. The number of nitrogens with zero attached hydrogens (tertiary/aromatic N) is 4. The lowest BCUT2D eigenvalue weighted by atomic mass is 10.1. The number of aromatic nitrogens is 1. The van der Waals surface area contributed by atoms with Crippen LogP contribution in [0.15, 0.2) is 84.2 Å². The van der Waals surface area contributed by atoms with E-state index in [9.17, 15) is 9.18 Å². The van der Waals surface area contributed by atoms with Crippen molar-refractivity contribution in [3.63, 3.8) is 0 Å². The molecule has 0 aliphatic rings. The first-order valence-corrected chi connectivity index (χ1v) is 13.7. The number of hydrogen-bond acceptors (Lipinski definition) is 5. The van der Waals surface area contributed by atoms with Gasteiger partial charge in [0.15, 0.2) is 0 Å². The third-order valence-corrected chi connectivity index (χ3v) is 7.13. The average molecular weight is 551 g/mol. The Bertz CT molecular complexity index is 1310. The second-order valence-electron chi connectivity index (χ2n) is 9.54. The van der Waals surface area contributed by atoms with Gasteiger partial charge in [0.2, 0.25) is 0 Å². The van der Waals surface area contributed by atoms with E-state index < -0.39 is 0 Å². The van der Waals surface area contributed by atoms with E-state index in [1.807, 2.05) is 79.0 Å². The molecule has 0 aliphatic heterocycles. The lowest BCUT2D eigenvalue weighted by Gasteiger charge is -2.24. The van der Waals surface area contributed by atoms with Gasteiger partial charge in [-0.25, -0.2) is 9.37 Å². The number of likely N-dealkylation sites (N-methyl/N-ethyl adjacent to an activating group) is 1. The fourth-order valence-corrected chi connectivity index (χ4v) is 5.14. The molecule has 5 nitrogen and oxygen atoms in total. The molecule has 0 saturated heterocycles. The highest BCUT2D eigenvalue weighted by Gasteiger charge is 2.20. The van der Waals surface area contributed by atoms with Crippen molar-refractivity contribution in [1.29, 1.82) is 0 Å². The summed E-state index contributed by atoms with van der Waals surface area (Å²) in [6.45, 7) is 3.71. The standard InChI is InChI=1S/C30H32ClFN4OS/c1-34(2)15-16-36(20-23-7-4-3-5-8-23)30(37)28-22-38-29(33-28)21-35(18-24-11-13-27(32)14-12-24)19-25-9-6-10-26(31)17-25/h3-14,17,22H,15-16,18-21H2,1-2H3. The maximum atomic E-state index is 13.5. The summed E-state index contributed by atoms with van der Waals surface area (Å²) < 4.78 is 13.5. The van der Waals surface area contributed by atoms with Crippen molar-refractivity contribution in [2.24, 2.45) is 0 Å². The number of benzene rings is 3. The summed E-state index contributed by atoms with van der Waals surface area (Å²) in [6, 6.07) is 24.3. The zero-order valence-electron chi connectivity index (χ0n) is 21.7. The van der Waals surface area contributed by atoms with Gasteiger partial charge in [0.25, 0.3) is 5.91 Å². The number of amides is 1. The van der Waals surface area contributed by atoms with Crippen LogP contribution in [0.4, 0.5) is 4.39 Å². The number of carbonyl (C=O) groups is 1. The molecule has 198 valence electrons. The SMILES string of the molecule is CN(C)CCN(Cc1ccccc1)C(=O)c1csc(CN(Cc2ccc(F)cc2)Cc2cccc(Cl)c2)n1. The van der Waals surface area contributed by atoms with Crippen LogP contribution >= 0.6 is 22.9 Å². The largest absolute Gasteiger partial charge is 0.332 e. The summed E-state index contributed by atoms with van der Waals surface area (Å²) in [6.07, 6.45) is 0. The van der Waals surface area contributed by atoms with Gasteiger partial charge in [0.05, 0.1) is 6.54 Å². The van der Waals surface area contributed by atoms with E-state index in [2.05, 4.69) is 9.80 Å². The molecule has 0 aliphatic carbocycles. The van der Waals surface area contributed by atoms with Crippen LogP contribution in [-0.2, 0) is 26.2 Å². The molecule has 1 heterocycles. The van der Waals surface area contributed by atoms with Gasteiger partial charge in [-0.15, -0.1) is 11.3 Å². The molecule has 1 amide bonds. The van der Waals surface area contributed by atoms with Gasteiger partial charge >= 0.3 is 0 Å². The van der Waals surface area contributed by atoms with E-state index in [1.54, 1.807) is 12.1 Å². The first-order chi connectivity index (χ1) is 18.4. The molecule has 0 saturated carbocycles. The Balaban J connectivity index is 1.50. The third kappa shape index (κ3) is 8.46. The maximum absolute atomic E-state index is 13.5. The zero-order chi connectivity index (χ0) is 26.9. The molecule has 0 radical (unpaired) electrons. The second-order valence-corrected chi connectivity index (χ2v) is 10.9. The Morgan fingerprint density at radius 3 is 2.24 bits per heavy atom.